The fourth-order valence-corrected chi connectivity index (χ4v) is 2.21. The molecular weight excluding hydrogens is 255 g/mol. The summed E-state index contributed by atoms with van der Waals surface area (Å²) in [5.74, 6) is 0. The summed E-state index contributed by atoms with van der Waals surface area (Å²) in [6.07, 6.45) is -3.87. The monoisotopic (exact) mass is 265 g/mol. The second-order valence-electron chi connectivity index (χ2n) is 4.36. The summed E-state index contributed by atoms with van der Waals surface area (Å²) >= 11 is 0. The van der Waals surface area contributed by atoms with Crippen molar-refractivity contribution in [1.29, 1.82) is 0 Å². The molecule has 0 amide bonds. The molecule has 0 spiro atoms. The minimum absolute atomic E-state index is 0.00398. The molecule has 3 nitrogen and oxygen atoms in total. The minimum atomic E-state index is -4.48. The summed E-state index contributed by atoms with van der Waals surface area (Å²) in [7, 11) is 0. The van der Waals surface area contributed by atoms with Crippen LogP contribution in [0.4, 0.5) is 18.9 Å². The lowest BCUT2D eigenvalue weighted by Gasteiger charge is -2.25. The zero-order chi connectivity index (χ0) is 13.6. The number of halogens is 3. The van der Waals surface area contributed by atoms with Crippen LogP contribution >= 0.6 is 0 Å². The van der Waals surface area contributed by atoms with Gasteiger partial charge in [0.05, 0.1) is 11.2 Å². The molecule has 0 bridgehead atoms. The summed E-state index contributed by atoms with van der Waals surface area (Å²) in [4.78, 5) is 7.70. The van der Waals surface area contributed by atoms with Crippen LogP contribution in [0.2, 0.25) is 0 Å². The number of rotatable bonds is 0. The number of aromatic nitrogens is 1. The number of nitrogens with zero attached hydrogens (tertiary/aromatic N) is 2. The Kier molecular flexibility index (Phi) is 2.48. The summed E-state index contributed by atoms with van der Waals surface area (Å²) in [6, 6.07) is 7.09. The van der Waals surface area contributed by atoms with Gasteiger partial charge in [0.25, 0.3) is 0 Å². The normalized spacial score (nSPS) is 18.7. The molecule has 1 aromatic heterocycles. The molecule has 0 fully saturated rings. The highest BCUT2D eigenvalue weighted by molar-refractivity contribution is 6.14. The zero-order valence-electron chi connectivity index (χ0n) is 9.99. The number of aliphatic imine (C=N–C) groups is 1. The van der Waals surface area contributed by atoms with Gasteiger partial charge in [0.2, 0.25) is 0 Å². The van der Waals surface area contributed by atoms with Gasteiger partial charge in [-0.05, 0) is 13.0 Å². The first-order chi connectivity index (χ1) is 8.97. The van der Waals surface area contributed by atoms with Gasteiger partial charge >= 0.3 is 6.18 Å². The summed E-state index contributed by atoms with van der Waals surface area (Å²) in [5.41, 5.74) is 0.237. The molecule has 0 saturated carbocycles. The first-order valence-corrected chi connectivity index (χ1v) is 5.76. The molecular formula is C13H10F3N3. The average molecular weight is 265 g/mol. The van der Waals surface area contributed by atoms with Gasteiger partial charge in [0.1, 0.15) is 6.17 Å². The zero-order valence-corrected chi connectivity index (χ0v) is 9.99. The summed E-state index contributed by atoms with van der Waals surface area (Å²) in [5, 5.41) is 3.65. The fraction of sp³-hybridized carbons (Fsp3) is 0.231. The number of anilines is 1. The molecule has 1 aliphatic heterocycles. The fourth-order valence-electron chi connectivity index (χ4n) is 2.21. The Morgan fingerprint density at radius 1 is 1.21 bits per heavy atom. The van der Waals surface area contributed by atoms with Crippen LogP contribution < -0.4 is 5.32 Å². The number of fused-ring (bicyclic) bond motifs is 3. The standard InChI is InChI=1S/C13H10F3N3/c1-7-18-11-8-4-2-3-5-10(8)17-6-9(11)12(19-7)13(14,15)16/h2-7,18H,1H3. The van der Waals surface area contributed by atoms with Crippen molar-refractivity contribution in [3.63, 3.8) is 0 Å². The van der Waals surface area contributed by atoms with Crippen molar-refractivity contribution < 1.29 is 13.2 Å². The van der Waals surface area contributed by atoms with Crippen molar-refractivity contribution in [2.75, 3.05) is 5.32 Å². The van der Waals surface area contributed by atoms with Crippen molar-refractivity contribution in [2.45, 2.75) is 19.3 Å². The second-order valence-corrected chi connectivity index (χ2v) is 4.36. The van der Waals surface area contributed by atoms with Crippen molar-refractivity contribution in [1.82, 2.24) is 4.98 Å². The molecule has 6 heteroatoms. The third kappa shape index (κ3) is 1.93. The minimum Gasteiger partial charge on any atom is -0.363 e. The third-order valence-electron chi connectivity index (χ3n) is 2.98. The Balaban J connectivity index is 2.30. The predicted molar refractivity (Wildman–Crippen MR) is 67.4 cm³/mol. The number of hydrogen-bond acceptors (Lipinski definition) is 3. The van der Waals surface area contributed by atoms with Crippen LogP contribution in [0, 0.1) is 0 Å². The average Bonchev–Trinajstić information content (AvgIpc) is 2.36. The topological polar surface area (TPSA) is 37.3 Å². The molecule has 1 unspecified atom stereocenters. The predicted octanol–water partition coefficient (Wildman–Crippen LogP) is 3.36. The molecule has 19 heavy (non-hydrogen) atoms. The maximum Gasteiger partial charge on any atom is 0.433 e. The van der Waals surface area contributed by atoms with E-state index < -0.39 is 18.1 Å². The van der Waals surface area contributed by atoms with Crippen molar-refractivity contribution in [3.05, 3.63) is 36.0 Å². The van der Waals surface area contributed by atoms with Crippen molar-refractivity contribution in [3.8, 4) is 0 Å². The molecule has 0 aliphatic carbocycles. The van der Waals surface area contributed by atoms with Gasteiger partial charge in [-0.3, -0.25) is 9.98 Å². The quantitative estimate of drug-likeness (QED) is 0.793. The van der Waals surface area contributed by atoms with Crippen LogP contribution in [0.1, 0.15) is 12.5 Å². The summed E-state index contributed by atoms with van der Waals surface area (Å²) in [6.45, 7) is 1.59. The van der Waals surface area contributed by atoms with Gasteiger partial charge in [0.15, 0.2) is 5.71 Å². The Labute approximate surface area is 107 Å². The number of hydrogen-bond donors (Lipinski definition) is 1. The maximum absolute atomic E-state index is 13.0. The molecule has 1 aromatic carbocycles. The van der Waals surface area contributed by atoms with Crippen LogP contribution in [0.25, 0.3) is 10.9 Å². The van der Waals surface area contributed by atoms with E-state index in [0.717, 1.165) is 0 Å². The largest absolute Gasteiger partial charge is 0.433 e. The highest BCUT2D eigenvalue weighted by atomic mass is 19.4. The van der Waals surface area contributed by atoms with E-state index in [0.29, 0.717) is 16.6 Å². The van der Waals surface area contributed by atoms with E-state index in [-0.39, 0.29) is 5.56 Å². The Morgan fingerprint density at radius 3 is 2.68 bits per heavy atom. The van der Waals surface area contributed by atoms with Crippen LogP contribution in [0.3, 0.4) is 0 Å². The van der Waals surface area contributed by atoms with Crippen LogP contribution in [-0.2, 0) is 0 Å². The molecule has 0 saturated heterocycles. The van der Waals surface area contributed by atoms with Crippen LogP contribution in [0.15, 0.2) is 35.5 Å². The summed E-state index contributed by atoms with van der Waals surface area (Å²) < 4.78 is 39.0. The second kappa shape index (κ2) is 3.94. The molecule has 1 atom stereocenters. The van der Waals surface area contributed by atoms with E-state index >= 15 is 0 Å². The number of para-hydroxylation sites is 1. The van der Waals surface area contributed by atoms with E-state index in [9.17, 15) is 13.2 Å². The molecule has 2 heterocycles. The number of pyridine rings is 1. The van der Waals surface area contributed by atoms with Gasteiger partial charge in [-0.2, -0.15) is 13.2 Å². The van der Waals surface area contributed by atoms with E-state index in [2.05, 4.69) is 15.3 Å². The van der Waals surface area contributed by atoms with E-state index in [4.69, 9.17) is 0 Å². The molecule has 1 N–H and O–H groups in total. The van der Waals surface area contributed by atoms with Gasteiger partial charge in [-0.15, -0.1) is 0 Å². The van der Waals surface area contributed by atoms with Crippen LogP contribution in [0.5, 0.6) is 0 Å². The molecule has 0 radical (unpaired) electrons. The first-order valence-electron chi connectivity index (χ1n) is 5.76. The lowest BCUT2D eigenvalue weighted by Crippen LogP contribution is -2.32. The smallest absolute Gasteiger partial charge is 0.363 e. The molecule has 3 rings (SSSR count). The first kappa shape index (κ1) is 12.0. The molecule has 2 aromatic rings. The van der Waals surface area contributed by atoms with Gasteiger partial charge in [0, 0.05) is 17.1 Å². The third-order valence-corrected chi connectivity index (χ3v) is 2.98. The van der Waals surface area contributed by atoms with Crippen molar-refractivity contribution >= 4 is 22.3 Å². The van der Waals surface area contributed by atoms with Crippen molar-refractivity contribution in [2.24, 2.45) is 4.99 Å². The number of benzene rings is 1. The Bertz CT molecular complexity index is 676. The van der Waals surface area contributed by atoms with Gasteiger partial charge in [-0.1, -0.05) is 18.2 Å². The maximum atomic E-state index is 13.0. The lowest BCUT2D eigenvalue weighted by atomic mass is 10.0. The SMILES string of the molecule is CC1N=C(C(F)(F)F)c2cnc3ccccc3c2N1. The van der Waals surface area contributed by atoms with E-state index in [1.54, 1.807) is 31.2 Å². The number of nitrogens with one attached hydrogen (secondary N) is 1. The highest BCUT2D eigenvalue weighted by Gasteiger charge is 2.40. The molecule has 98 valence electrons. The Morgan fingerprint density at radius 2 is 1.95 bits per heavy atom. The highest BCUT2D eigenvalue weighted by Crippen LogP contribution is 2.34. The Hall–Kier alpha value is -2.11. The molecule has 1 aliphatic rings. The van der Waals surface area contributed by atoms with E-state index in [1.807, 2.05) is 0 Å². The van der Waals surface area contributed by atoms with E-state index in [1.165, 1.54) is 6.20 Å². The number of alkyl halides is 3. The van der Waals surface area contributed by atoms with Gasteiger partial charge in [-0.25, -0.2) is 0 Å². The van der Waals surface area contributed by atoms with Gasteiger partial charge < -0.3 is 5.32 Å². The lowest BCUT2D eigenvalue weighted by molar-refractivity contribution is -0.0584. The van der Waals surface area contributed by atoms with Crippen LogP contribution in [-0.4, -0.2) is 23.0 Å².